The van der Waals surface area contributed by atoms with Gasteiger partial charge in [0.1, 0.15) is 0 Å². The van der Waals surface area contributed by atoms with Gasteiger partial charge in [-0.2, -0.15) is 4.31 Å². The number of imidazole rings is 1. The van der Waals surface area contributed by atoms with Crippen molar-refractivity contribution in [2.75, 3.05) is 26.2 Å². The van der Waals surface area contributed by atoms with E-state index in [4.69, 9.17) is 0 Å². The molecule has 0 bridgehead atoms. The number of nitrogens with zero attached hydrogens (tertiary/aromatic N) is 3. The van der Waals surface area contributed by atoms with Gasteiger partial charge in [-0.3, -0.25) is 0 Å². The van der Waals surface area contributed by atoms with E-state index in [1.165, 1.54) is 0 Å². The second kappa shape index (κ2) is 6.69. The third-order valence-electron chi connectivity index (χ3n) is 3.85. The Morgan fingerprint density at radius 1 is 1.40 bits per heavy atom. The summed E-state index contributed by atoms with van der Waals surface area (Å²) in [4.78, 5) is 4.04. The Bertz CT molecular complexity index is 520. The number of aryl methyl sites for hydroxylation is 1. The first-order chi connectivity index (χ1) is 9.57. The van der Waals surface area contributed by atoms with Crippen molar-refractivity contribution in [1.82, 2.24) is 19.2 Å². The van der Waals surface area contributed by atoms with Crippen molar-refractivity contribution in [1.29, 1.82) is 0 Å². The fourth-order valence-corrected chi connectivity index (χ4v) is 3.99. The molecule has 1 aromatic rings. The van der Waals surface area contributed by atoms with Crippen LogP contribution in [0.2, 0.25) is 0 Å². The number of hydrogen-bond acceptors (Lipinski definition) is 4. The van der Waals surface area contributed by atoms with E-state index < -0.39 is 10.0 Å². The SMILES string of the molecule is CCN(CC1CCNCC1)S(=O)(=O)c1cn(CC)cn1. The molecule has 0 spiro atoms. The van der Waals surface area contributed by atoms with Crippen LogP contribution in [0.1, 0.15) is 26.7 Å². The first kappa shape index (κ1) is 15.5. The van der Waals surface area contributed by atoms with Crippen LogP contribution in [-0.4, -0.2) is 48.5 Å². The van der Waals surface area contributed by atoms with E-state index in [-0.39, 0.29) is 5.03 Å². The first-order valence-corrected chi connectivity index (χ1v) is 8.74. The van der Waals surface area contributed by atoms with Crippen LogP contribution in [0.5, 0.6) is 0 Å². The Kier molecular flexibility index (Phi) is 5.17. The van der Waals surface area contributed by atoms with Crippen LogP contribution in [0, 0.1) is 5.92 Å². The molecule has 0 amide bonds. The monoisotopic (exact) mass is 300 g/mol. The number of hydrogen-bond donors (Lipinski definition) is 1. The van der Waals surface area contributed by atoms with Crippen molar-refractivity contribution < 1.29 is 8.42 Å². The molecule has 114 valence electrons. The summed E-state index contributed by atoms with van der Waals surface area (Å²) in [5.41, 5.74) is 0. The van der Waals surface area contributed by atoms with Crippen LogP contribution >= 0.6 is 0 Å². The molecule has 1 N–H and O–H groups in total. The van der Waals surface area contributed by atoms with E-state index in [2.05, 4.69) is 10.3 Å². The Balaban J connectivity index is 2.11. The number of piperidine rings is 1. The molecule has 2 rings (SSSR count). The molecule has 2 heterocycles. The maximum Gasteiger partial charge on any atom is 0.262 e. The highest BCUT2D eigenvalue weighted by molar-refractivity contribution is 7.89. The van der Waals surface area contributed by atoms with E-state index in [9.17, 15) is 8.42 Å². The topological polar surface area (TPSA) is 67.2 Å². The lowest BCUT2D eigenvalue weighted by molar-refractivity contribution is 0.294. The molecule has 0 atom stereocenters. The van der Waals surface area contributed by atoms with Crippen LogP contribution in [0.4, 0.5) is 0 Å². The summed E-state index contributed by atoms with van der Waals surface area (Å²) in [6.45, 7) is 7.62. The Morgan fingerprint density at radius 3 is 2.65 bits per heavy atom. The largest absolute Gasteiger partial charge is 0.336 e. The minimum Gasteiger partial charge on any atom is -0.336 e. The van der Waals surface area contributed by atoms with Gasteiger partial charge in [0.2, 0.25) is 0 Å². The smallest absolute Gasteiger partial charge is 0.262 e. The predicted molar refractivity (Wildman–Crippen MR) is 77.9 cm³/mol. The molecule has 6 nitrogen and oxygen atoms in total. The van der Waals surface area contributed by atoms with Crippen LogP contribution in [-0.2, 0) is 16.6 Å². The molecular formula is C13H24N4O2S. The summed E-state index contributed by atoms with van der Waals surface area (Å²) in [7, 11) is -3.46. The van der Waals surface area contributed by atoms with Crippen LogP contribution in [0.25, 0.3) is 0 Å². The van der Waals surface area contributed by atoms with Gasteiger partial charge in [0.25, 0.3) is 10.0 Å². The molecule has 0 unspecified atom stereocenters. The van der Waals surface area contributed by atoms with E-state index in [1.807, 2.05) is 13.8 Å². The van der Waals surface area contributed by atoms with E-state index in [1.54, 1.807) is 21.4 Å². The molecule has 1 aliphatic heterocycles. The van der Waals surface area contributed by atoms with Crippen molar-refractivity contribution in [2.45, 2.75) is 38.3 Å². The molecule has 1 aliphatic rings. The molecule has 0 radical (unpaired) electrons. The summed E-state index contributed by atoms with van der Waals surface area (Å²) in [5, 5.41) is 3.47. The van der Waals surface area contributed by atoms with Gasteiger partial charge < -0.3 is 9.88 Å². The van der Waals surface area contributed by atoms with Crippen LogP contribution in [0.3, 0.4) is 0 Å². The van der Waals surface area contributed by atoms with Gasteiger partial charge in [-0.1, -0.05) is 6.92 Å². The average Bonchev–Trinajstić information content (AvgIpc) is 2.95. The lowest BCUT2D eigenvalue weighted by Gasteiger charge is -2.28. The third kappa shape index (κ3) is 3.39. The first-order valence-electron chi connectivity index (χ1n) is 7.30. The van der Waals surface area contributed by atoms with Gasteiger partial charge in [0.15, 0.2) is 5.03 Å². The van der Waals surface area contributed by atoms with Crippen molar-refractivity contribution in [3.63, 3.8) is 0 Å². The van der Waals surface area contributed by atoms with Gasteiger partial charge in [-0.05, 0) is 38.8 Å². The molecule has 1 aromatic heterocycles. The molecule has 0 aliphatic carbocycles. The Labute approximate surface area is 121 Å². The Hall–Kier alpha value is -0.920. The maximum atomic E-state index is 12.6. The highest BCUT2D eigenvalue weighted by atomic mass is 32.2. The zero-order chi connectivity index (χ0) is 14.6. The zero-order valence-electron chi connectivity index (χ0n) is 12.2. The summed E-state index contributed by atoms with van der Waals surface area (Å²) in [5.74, 6) is 0.444. The fraction of sp³-hybridized carbons (Fsp3) is 0.769. The fourth-order valence-electron chi connectivity index (χ4n) is 2.53. The predicted octanol–water partition coefficient (Wildman–Crippen LogP) is 0.913. The molecule has 1 fully saturated rings. The highest BCUT2D eigenvalue weighted by Gasteiger charge is 2.28. The molecule has 1 saturated heterocycles. The molecular weight excluding hydrogens is 276 g/mol. The van der Waals surface area contributed by atoms with Crippen LogP contribution < -0.4 is 5.32 Å². The standard InChI is InChI=1S/C13H24N4O2S/c1-3-16-10-13(15-11-16)20(18,19)17(4-2)9-12-5-7-14-8-6-12/h10-12,14H,3-9H2,1-2H3. The molecule has 0 saturated carbocycles. The summed E-state index contributed by atoms with van der Waals surface area (Å²) < 4.78 is 28.5. The van der Waals surface area contributed by atoms with E-state index in [0.717, 1.165) is 32.5 Å². The second-order valence-corrected chi connectivity index (χ2v) is 7.08. The second-order valence-electron chi connectivity index (χ2n) is 5.19. The highest BCUT2D eigenvalue weighted by Crippen LogP contribution is 2.19. The van der Waals surface area contributed by atoms with Crippen molar-refractivity contribution >= 4 is 10.0 Å². The lowest BCUT2D eigenvalue weighted by Crippen LogP contribution is -2.39. The van der Waals surface area contributed by atoms with Crippen molar-refractivity contribution in [3.8, 4) is 0 Å². The quantitative estimate of drug-likeness (QED) is 0.848. The van der Waals surface area contributed by atoms with Gasteiger partial charge >= 0.3 is 0 Å². The number of rotatable bonds is 6. The van der Waals surface area contributed by atoms with Gasteiger partial charge in [-0.15, -0.1) is 0 Å². The summed E-state index contributed by atoms with van der Waals surface area (Å²) in [6.07, 6.45) is 5.26. The number of aromatic nitrogens is 2. The van der Waals surface area contributed by atoms with Gasteiger partial charge in [-0.25, -0.2) is 13.4 Å². The van der Waals surface area contributed by atoms with Gasteiger partial charge in [0, 0.05) is 25.8 Å². The van der Waals surface area contributed by atoms with Gasteiger partial charge in [0.05, 0.1) is 6.33 Å². The zero-order valence-corrected chi connectivity index (χ0v) is 13.1. The molecule has 20 heavy (non-hydrogen) atoms. The van der Waals surface area contributed by atoms with E-state index >= 15 is 0 Å². The molecule has 7 heteroatoms. The van der Waals surface area contributed by atoms with Crippen LogP contribution in [0.15, 0.2) is 17.6 Å². The molecule has 0 aromatic carbocycles. The van der Waals surface area contributed by atoms with E-state index in [0.29, 0.717) is 19.0 Å². The minimum atomic E-state index is -3.46. The maximum absolute atomic E-state index is 12.6. The lowest BCUT2D eigenvalue weighted by atomic mass is 9.98. The number of nitrogens with one attached hydrogen (secondary N) is 1. The summed E-state index contributed by atoms with van der Waals surface area (Å²) >= 11 is 0. The minimum absolute atomic E-state index is 0.162. The van der Waals surface area contributed by atoms with Crippen molar-refractivity contribution in [3.05, 3.63) is 12.5 Å². The number of sulfonamides is 1. The summed E-state index contributed by atoms with van der Waals surface area (Å²) in [6, 6.07) is 0. The van der Waals surface area contributed by atoms with Crippen molar-refractivity contribution in [2.24, 2.45) is 5.92 Å². The third-order valence-corrected chi connectivity index (χ3v) is 5.68. The normalized spacial score (nSPS) is 17.8. The average molecular weight is 300 g/mol. The Morgan fingerprint density at radius 2 is 2.10 bits per heavy atom.